The molecular weight excluding hydrogens is 692 g/mol. The second-order valence-corrected chi connectivity index (χ2v) is 14.6. The topological polar surface area (TPSA) is 0 Å². The first-order valence-corrected chi connectivity index (χ1v) is 18.2. The van der Waals surface area contributed by atoms with Crippen LogP contribution in [0.5, 0.6) is 0 Å². The molecule has 0 radical (unpaired) electrons. The quantitative estimate of drug-likeness (QED) is 0.171. The molecule has 50 heavy (non-hydrogen) atoms. The van der Waals surface area contributed by atoms with Crippen molar-refractivity contribution < 1.29 is 0 Å². The van der Waals surface area contributed by atoms with E-state index in [9.17, 15) is 0 Å². The van der Waals surface area contributed by atoms with Gasteiger partial charge in [0.15, 0.2) is 0 Å². The lowest BCUT2D eigenvalue weighted by atomic mass is 9.82. The smallest absolute Gasteiger partial charge is 0.0554 e. The lowest BCUT2D eigenvalue weighted by Gasteiger charge is -2.21. The zero-order valence-electron chi connectivity index (χ0n) is 26.8. The number of fused-ring (bicyclic) bond motifs is 7. The fourth-order valence-corrected chi connectivity index (χ4v) is 9.44. The Hall–Kier alpha value is -5.47. The molecule has 9 aromatic rings. The summed E-state index contributed by atoms with van der Waals surface area (Å²) >= 11 is 10.7. The molecule has 0 nitrogen and oxygen atoms in total. The van der Waals surface area contributed by atoms with Crippen LogP contribution in [0, 0.1) is 0 Å². The zero-order chi connectivity index (χ0) is 33.1. The highest BCUT2D eigenvalue weighted by Gasteiger charge is 2.32. The van der Waals surface area contributed by atoms with Crippen molar-refractivity contribution in [2.24, 2.45) is 0 Å². The molecule has 2 heteroatoms. The van der Waals surface area contributed by atoms with E-state index in [4.69, 9.17) is 11.6 Å². The van der Waals surface area contributed by atoms with Gasteiger partial charge in [-0.1, -0.05) is 157 Å². The summed E-state index contributed by atoms with van der Waals surface area (Å²) in [5.41, 5.74) is 17.8. The lowest BCUT2D eigenvalue weighted by molar-refractivity contribution is 1.61. The van der Waals surface area contributed by atoms with Gasteiger partial charge >= 0.3 is 0 Å². The van der Waals surface area contributed by atoms with Crippen LogP contribution in [0.3, 0.4) is 0 Å². The maximum atomic E-state index is 6.91. The second kappa shape index (κ2) is 10.5. The fourth-order valence-electron chi connectivity index (χ4n) is 8.93. The van der Waals surface area contributed by atoms with Gasteiger partial charge in [-0.25, -0.2) is 0 Å². The lowest BCUT2D eigenvalue weighted by Crippen LogP contribution is -1.94. The Balaban J connectivity index is 1.27. The molecule has 0 aliphatic heterocycles. The van der Waals surface area contributed by atoms with E-state index < -0.39 is 0 Å². The first-order valence-electron chi connectivity index (χ1n) is 17.0. The summed E-state index contributed by atoms with van der Waals surface area (Å²) in [4.78, 5) is 0. The van der Waals surface area contributed by atoms with Crippen LogP contribution in [-0.2, 0) is 0 Å². The van der Waals surface area contributed by atoms with E-state index in [1.54, 1.807) is 0 Å². The summed E-state index contributed by atoms with van der Waals surface area (Å²) in [6, 6.07) is 57.9. The molecule has 0 saturated carbocycles. The van der Waals surface area contributed by atoms with Crippen LogP contribution >= 0.6 is 27.5 Å². The maximum Gasteiger partial charge on any atom is 0.0554 e. The van der Waals surface area contributed by atoms with Crippen molar-refractivity contribution in [2.75, 3.05) is 0 Å². The summed E-state index contributed by atoms with van der Waals surface area (Å²) in [6.45, 7) is 0. The molecule has 0 bridgehead atoms. The summed E-state index contributed by atoms with van der Waals surface area (Å²) in [7, 11) is 0. The highest BCUT2D eigenvalue weighted by atomic mass is 79.9. The molecule has 0 heterocycles. The van der Waals surface area contributed by atoms with Gasteiger partial charge in [0.05, 0.1) is 5.02 Å². The van der Waals surface area contributed by atoms with E-state index in [0.717, 1.165) is 9.86 Å². The minimum absolute atomic E-state index is 0.707. The van der Waals surface area contributed by atoms with Gasteiger partial charge in [-0.2, -0.15) is 0 Å². The molecule has 2 aliphatic rings. The molecule has 0 atom stereocenters. The Labute approximate surface area is 303 Å². The predicted octanol–water partition coefficient (Wildman–Crippen LogP) is 14.9. The van der Waals surface area contributed by atoms with Gasteiger partial charge in [0.25, 0.3) is 0 Å². The van der Waals surface area contributed by atoms with Crippen LogP contribution in [0.15, 0.2) is 162 Å². The zero-order valence-corrected chi connectivity index (χ0v) is 29.1. The van der Waals surface area contributed by atoms with E-state index >= 15 is 0 Å². The third-order valence-electron chi connectivity index (χ3n) is 10.9. The molecule has 0 saturated heterocycles. The highest BCUT2D eigenvalue weighted by molar-refractivity contribution is 9.10. The van der Waals surface area contributed by atoms with Gasteiger partial charge in [0.2, 0.25) is 0 Å². The summed E-state index contributed by atoms with van der Waals surface area (Å²) in [5.74, 6) is 0. The fraction of sp³-hybridized carbons (Fsp3) is 0. The molecule has 0 N–H and O–H groups in total. The third-order valence-corrected chi connectivity index (χ3v) is 12.1. The van der Waals surface area contributed by atoms with Gasteiger partial charge in [0.1, 0.15) is 0 Å². The Morgan fingerprint density at radius 1 is 0.320 bits per heavy atom. The molecule has 9 aromatic carbocycles. The molecule has 11 rings (SSSR count). The monoisotopic (exact) mass is 716 g/mol. The minimum atomic E-state index is 0.707. The van der Waals surface area contributed by atoms with Crippen molar-refractivity contribution >= 4 is 59.8 Å². The van der Waals surface area contributed by atoms with Crippen LogP contribution in [0.2, 0.25) is 5.02 Å². The standard InChI is InChI=1S/C48H26BrCl/c49-41-25-39-40(26-42(41)50)44(28-13-5-2-6-14-28)48-38-24-22-32(35-19-10-20-37(46(35)38)47(48)43(39)27-11-3-1-4-12-27)31-21-23-36-30-16-8-7-15-29(30)33-17-9-18-34(31)45(33)36/h1-26H. The third kappa shape index (κ3) is 3.77. The van der Waals surface area contributed by atoms with Crippen molar-refractivity contribution in [3.63, 3.8) is 0 Å². The van der Waals surface area contributed by atoms with Crippen LogP contribution in [0.4, 0.5) is 0 Å². The Kier molecular flexibility index (Phi) is 5.97. The van der Waals surface area contributed by atoms with E-state index in [0.29, 0.717) is 5.02 Å². The van der Waals surface area contributed by atoms with Crippen molar-refractivity contribution in [3.05, 3.63) is 167 Å². The molecule has 0 aromatic heterocycles. The Bertz CT molecular complexity index is 2800. The van der Waals surface area contributed by atoms with E-state index in [2.05, 4.69) is 174 Å². The second-order valence-electron chi connectivity index (χ2n) is 13.4. The Morgan fingerprint density at radius 3 is 1.34 bits per heavy atom. The summed E-state index contributed by atoms with van der Waals surface area (Å²) in [6.07, 6.45) is 0. The SMILES string of the molecule is Clc1cc2c(-c3ccccc3)c3c(c(-c4ccccc4)c2cc1Br)-c1cccc2c(-c4ccc5c6c(cccc46)-c4ccccc4-5)ccc-3c12. The van der Waals surface area contributed by atoms with E-state index in [1.807, 2.05) is 0 Å². The number of rotatable bonds is 3. The largest absolute Gasteiger partial charge is 0.0831 e. The number of benzene rings is 9. The predicted molar refractivity (Wildman–Crippen MR) is 217 cm³/mol. The molecule has 0 amide bonds. The van der Waals surface area contributed by atoms with Crippen LogP contribution in [0.1, 0.15) is 0 Å². The van der Waals surface area contributed by atoms with Crippen molar-refractivity contribution in [3.8, 4) is 77.9 Å². The molecule has 2 aliphatic carbocycles. The minimum Gasteiger partial charge on any atom is -0.0831 e. The van der Waals surface area contributed by atoms with Gasteiger partial charge in [-0.05, 0) is 138 Å². The van der Waals surface area contributed by atoms with Gasteiger partial charge in [0, 0.05) is 4.47 Å². The molecule has 0 fully saturated rings. The molecule has 0 unspecified atom stereocenters. The van der Waals surface area contributed by atoms with Gasteiger partial charge in [-0.15, -0.1) is 0 Å². The molecule has 232 valence electrons. The maximum absolute atomic E-state index is 6.91. The highest BCUT2D eigenvalue weighted by Crippen LogP contribution is 2.59. The van der Waals surface area contributed by atoms with Crippen molar-refractivity contribution in [1.29, 1.82) is 0 Å². The van der Waals surface area contributed by atoms with E-state index in [1.165, 1.54) is 105 Å². The Morgan fingerprint density at radius 2 is 0.740 bits per heavy atom. The van der Waals surface area contributed by atoms with E-state index in [-0.39, 0.29) is 0 Å². The average Bonchev–Trinajstić information content (AvgIpc) is 3.67. The van der Waals surface area contributed by atoms with Crippen molar-refractivity contribution in [2.45, 2.75) is 0 Å². The normalized spacial score (nSPS) is 12.2. The number of halogens is 2. The van der Waals surface area contributed by atoms with Crippen molar-refractivity contribution in [1.82, 2.24) is 0 Å². The first kappa shape index (κ1) is 28.4. The van der Waals surface area contributed by atoms with Crippen LogP contribution in [0.25, 0.3) is 110 Å². The first-order chi connectivity index (χ1) is 24.7. The van der Waals surface area contributed by atoms with Gasteiger partial charge < -0.3 is 0 Å². The van der Waals surface area contributed by atoms with Crippen LogP contribution < -0.4 is 0 Å². The number of hydrogen-bond donors (Lipinski definition) is 0. The molecular formula is C48H26BrCl. The van der Waals surface area contributed by atoms with Crippen LogP contribution in [-0.4, -0.2) is 0 Å². The van der Waals surface area contributed by atoms with Gasteiger partial charge in [-0.3, -0.25) is 0 Å². The summed E-state index contributed by atoms with van der Waals surface area (Å²) in [5, 5.41) is 8.27. The average molecular weight is 718 g/mol. The molecule has 0 spiro atoms. The number of hydrogen-bond acceptors (Lipinski definition) is 0. The summed E-state index contributed by atoms with van der Waals surface area (Å²) < 4.78 is 0.896.